The van der Waals surface area contributed by atoms with Crippen molar-refractivity contribution in [2.45, 2.75) is 45.8 Å². The van der Waals surface area contributed by atoms with Crippen molar-refractivity contribution in [2.75, 3.05) is 5.73 Å². The lowest BCUT2D eigenvalue weighted by Crippen LogP contribution is -2.25. The van der Waals surface area contributed by atoms with Crippen LogP contribution in [0.1, 0.15) is 35.1 Å². The van der Waals surface area contributed by atoms with Crippen molar-refractivity contribution in [1.82, 2.24) is 4.90 Å². The molecule has 0 aromatic heterocycles. The topological polar surface area (TPSA) is 29.3 Å². The molecule has 2 nitrogen and oxygen atoms in total. The van der Waals surface area contributed by atoms with Crippen LogP contribution < -0.4 is 5.73 Å². The minimum Gasteiger partial charge on any atom is -0.399 e. The fourth-order valence-electron chi connectivity index (χ4n) is 2.91. The van der Waals surface area contributed by atoms with Gasteiger partial charge < -0.3 is 5.73 Å². The third-order valence-electron chi connectivity index (χ3n) is 4.43. The second-order valence-corrected chi connectivity index (χ2v) is 6.25. The lowest BCUT2D eigenvalue weighted by molar-refractivity contribution is 0.245. The molecule has 0 unspecified atom stereocenters. The summed E-state index contributed by atoms with van der Waals surface area (Å²) < 4.78 is 0. The first-order valence-electron chi connectivity index (χ1n) is 7.77. The number of nitrogen functional groups attached to an aromatic ring is 1. The molecule has 0 bridgehead atoms. The number of aryl methyl sites for hydroxylation is 2. The molecular formula is C19H24N2. The summed E-state index contributed by atoms with van der Waals surface area (Å²) >= 11 is 0. The Bertz CT molecular complexity index is 592. The zero-order valence-corrected chi connectivity index (χ0v) is 13.0. The van der Waals surface area contributed by atoms with Crippen molar-refractivity contribution in [3.8, 4) is 0 Å². The van der Waals surface area contributed by atoms with Gasteiger partial charge in [0, 0.05) is 24.8 Å². The average molecular weight is 280 g/mol. The molecule has 2 heteroatoms. The largest absolute Gasteiger partial charge is 0.399 e. The molecule has 0 spiro atoms. The Morgan fingerprint density at radius 2 is 1.57 bits per heavy atom. The Kier molecular flexibility index (Phi) is 3.98. The van der Waals surface area contributed by atoms with Gasteiger partial charge in [0.25, 0.3) is 0 Å². The van der Waals surface area contributed by atoms with Gasteiger partial charge >= 0.3 is 0 Å². The van der Waals surface area contributed by atoms with E-state index in [0.717, 1.165) is 24.8 Å². The predicted molar refractivity (Wildman–Crippen MR) is 89.0 cm³/mol. The van der Waals surface area contributed by atoms with Gasteiger partial charge in [0.05, 0.1) is 0 Å². The van der Waals surface area contributed by atoms with Gasteiger partial charge in [-0.3, -0.25) is 4.90 Å². The highest BCUT2D eigenvalue weighted by Gasteiger charge is 2.29. The second-order valence-electron chi connectivity index (χ2n) is 6.25. The normalized spacial score (nSPS) is 14.6. The van der Waals surface area contributed by atoms with E-state index in [-0.39, 0.29) is 0 Å². The highest BCUT2D eigenvalue weighted by molar-refractivity contribution is 5.39. The van der Waals surface area contributed by atoms with Crippen LogP contribution in [0.5, 0.6) is 0 Å². The van der Waals surface area contributed by atoms with E-state index >= 15 is 0 Å². The summed E-state index contributed by atoms with van der Waals surface area (Å²) in [5, 5.41) is 0. The Morgan fingerprint density at radius 3 is 2.14 bits per heavy atom. The molecule has 0 saturated heterocycles. The first kappa shape index (κ1) is 14.2. The molecule has 0 radical (unpaired) electrons. The van der Waals surface area contributed by atoms with Crippen molar-refractivity contribution in [2.24, 2.45) is 0 Å². The van der Waals surface area contributed by atoms with Crippen molar-refractivity contribution in [3.63, 3.8) is 0 Å². The summed E-state index contributed by atoms with van der Waals surface area (Å²) in [5.74, 6) is 0. The van der Waals surface area contributed by atoms with E-state index in [1.807, 2.05) is 12.1 Å². The summed E-state index contributed by atoms with van der Waals surface area (Å²) in [6, 6.07) is 15.6. The van der Waals surface area contributed by atoms with Crippen LogP contribution in [0.2, 0.25) is 0 Å². The van der Waals surface area contributed by atoms with Crippen LogP contribution in [0.25, 0.3) is 0 Å². The summed E-state index contributed by atoms with van der Waals surface area (Å²) in [5.41, 5.74) is 12.3. The molecule has 0 aliphatic heterocycles. The van der Waals surface area contributed by atoms with Gasteiger partial charge in [-0.15, -0.1) is 0 Å². The predicted octanol–water partition coefficient (Wildman–Crippen LogP) is 4.05. The number of benzene rings is 2. The number of hydrogen-bond donors (Lipinski definition) is 1. The lowest BCUT2D eigenvalue weighted by Gasteiger charge is -2.24. The van der Waals surface area contributed by atoms with Gasteiger partial charge in [0.1, 0.15) is 0 Å². The summed E-state index contributed by atoms with van der Waals surface area (Å²) in [6.07, 6.45) is 2.67. The summed E-state index contributed by atoms with van der Waals surface area (Å²) in [7, 11) is 0. The smallest absolute Gasteiger partial charge is 0.0314 e. The standard InChI is InChI=1S/C19H24N2/c1-14-4-3-5-15(2)19(14)13-21(18-10-11-18)12-16-6-8-17(20)9-7-16/h3-9,18H,10-13,20H2,1-2H3. The fourth-order valence-corrected chi connectivity index (χ4v) is 2.91. The average Bonchev–Trinajstić information content (AvgIpc) is 3.28. The van der Waals surface area contributed by atoms with Gasteiger partial charge in [0.2, 0.25) is 0 Å². The molecule has 0 atom stereocenters. The van der Waals surface area contributed by atoms with Crippen molar-refractivity contribution in [3.05, 3.63) is 64.7 Å². The maximum Gasteiger partial charge on any atom is 0.0314 e. The van der Waals surface area contributed by atoms with E-state index in [1.54, 1.807) is 0 Å². The van der Waals surface area contributed by atoms with Gasteiger partial charge in [-0.05, 0) is 61.1 Å². The third kappa shape index (κ3) is 3.45. The van der Waals surface area contributed by atoms with Crippen LogP contribution in [-0.4, -0.2) is 10.9 Å². The van der Waals surface area contributed by atoms with Gasteiger partial charge in [-0.25, -0.2) is 0 Å². The van der Waals surface area contributed by atoms with Crippen LogP contribution in [0.15, 0.2) is 42.5 Å². The monoisotopic (exact) mass is 280 g/mol. The van der Waals surface area contributed by atoms with E-state index < -0.39 is 0 Å². The fraction of sp³-hybridized carbons (Fsp3) is 0.368. The maximum atomic E-state index is 5.78. The molecule has 0 amide bonds. The molecule has 2 N–H and O–H groups in total. The molecule has 1 saturated carbocycles. The lowest BCUT2D eigenvalue weighted by atomic mass is 10.0. The highest BCUT2D eigenvalue weighted by atomic mass is 15.2. The first-order chi connectivity index (χ1) is 10.1. The van der Waals surface area contributed by atoms with E-state index in [9.17, 15) is 0 Å². The SMILES string of the molecule is Cc1cccc(C)c1CN(Cc1ccc(N)cc1)C1CC1. The molecule has 2 aromatic carbocycles. The van der Waals surface area contributed by atoms with Crippen LogP contribution >= 0.6 is 0 Å². The van der Waals surface area contributed by atoms with E-state index in [1.165, 1.54) is 35.1 Å². The number of anilines is 1. The Hall–Kier alpha value is -1.80. The third-order valence-corrected chi connectivity index (χ3v) is 4.43. The molecular weight excluding hydrogens is 256 g/mol. The Morgan fingerprint density at radius 1 is 0.952 bits per heavy atom. The summed E-state index contributed by atoms with van der Waals surface area (Å²) in [4.78, 5) is 2.61. The minimum atomic E-state index is 0.751. The van der Waals surface area contributed by atoms with Gasteiger partial charge in [0.15, 0.2) is 0 Å². The molecule has 3 rings (SSSR count). The number of nitrogens with zero attached hydrogens (tertiary/aromatic N) is 1. The van der Waals surface area contributed by atoms with Crippen LogP contribution in [-0.2, 0) is 13.1 Å². The molecule has 0 heterocycles. The molecule has 110 valence electrons. The van der Waals surface area contributed by atoms with Crippen LogP contribution in [0.3, 0.4) is 0 Å². The van der Waals surface area contributed by atoms with Gasteiger partial charge in [-0.1, -0.05) is 30.3 Å². The number of hydrogen-bond acceptors (Lipinski definition) is 2. The molecule has 21 heavy (non-hydrogen) atoms. The molecule has 1 aliphatic carbocycles. The zero-order valence-electron chi connectivity index (χ0n) is 13.0. The summed E-state index contributed by atoms with van der Waals surface area (Å²) in [6.45, 7) is 6.50. The molecule has 1 fully saturated rings. The van der Waals surface area contributed by atoms with Crippen molar-refractivity contribution >= 4 is 5.69 Å². The number of rotatable bonds is 5. The van der Waals surface area contributed by atoms with Crippen molar-refractivity contribution in [1.29, 1.82) is 0 Å². The Labute approximate surface area is 127 Å². The molecule has 1 aliphatic rings. The first-order valence-corrected chi connectivity index (χ1v) is 7.77. The quantitative estimate of drug-likeness (QED) is 0.837. The minimum absolute atomic E-state index is 0.751. The van der Waals surface area contributed by atoms with E-state index in [2.05, 4.69) is 49.1 Å². The van der Waals surface area contributed by atoms with Crippen molar-refractivity contribution < 1.29 is 0 Å². The maximum absolute atomic E-state index is 5.78. The van der Waals surface area contributed by atoms with Crippen LogP contribution in [0.4, 0.5) is 5.69 Å². The zero-order chi connectivity index (χ0) is 14.8. The molecule has 2 aromatic rings. The van der Waals surface area contributed by atoms with Gasteiger partial charge in [-0.2, -0.15) is 0 Å². The van der Waals surface area contributed by atoms with E-state index in [4.69, 9.17) is 5.73 Å². The second kappa shape index (κ2) is 5.90. The Balaban J connectivity index is 1.77. The highest BCUT2D eigenvalue weighted by Crippen LogP contribution is 2.31. The van der Waals surface area contributed by atoms with Crippen LogP contribution in [0, 0.1) is 13.8 Å². The van der Waals surface area contributed by atoms with E-state index in [0.29, 0.717) is 0 Å². The number of nitrogens with two attached hydrogens (primary N) is 1.